The predicted molar refractivity (Wildman–Crippen MR) is 111 cm³/mol. The Bertz CT molecular complexity index is 922. The van der Waals surface area contributed by atoms with E-state index in [0.717, 1.165) is 5.56 Å². The first-order valence-corrected chi connectivity index (χ1v) is 9.27. The summed E-state index contributed by atoms with van der Waals surface area (Å²) < 4.78 is 13.2. The molecule has 0 atom stereocenters. The zero-order valence-electron chi connectivity index (χ0n) is 16.2. The molecular weight excluding hydrogens is 359 g/mol. The average Bonchev–Trinajstić information content (AvgIpc) is 2.83. The summed E-state index contributed by atoms with van der Waals surface area (Å²) in [4.78, 5) is 19.6. The summed E-state index contributed by atoms with van der Waals surface area (Å²) in [6, 6.07) is 13.6. The highest BCUT2D eigenvalue weighted by Crippen LogP contribution is 2.30. The van der Waals surface area contributed by atoms with Crippen LogP contribution in [0.15, 0.2) is 53.5 Å². The SMILES string of the molecule is CC(C)(C)c1ccc(C2=NC(C)(C)N(C(=O)c3ccc(F)cc3)C2=S)cc1. The Morgan fingerprint density at radius 3 is 2.11 bits per heavy atom. The van der Waals surface area contributed by atoms with Crippen LogP contribution in [-0.2, 0) is 5.41 Å². The average molecular weight is 383 g/mol. The highest BCUT2D eigenvalue weighted by molar-refractivity contribution is 7.82. The molecule has 0 spiro atoms. The van der Waals surface area contributed by atoms with Crippen molar-refractivity contribution in [1.82, 2.24) is 4.90 Å². The minimum Gasteiger partial charge on any atom is -0.272 e. The molecule has 1 aliphatic rings. The first-order chi connectivity index (χ1) is 12.5. The van der Waals surface area contributed by atoms with Gasteiger partial charge in [0, 0.05) is 11.1 Å². The third-order valence-corrected chi connectivity index (χ3v) is 5.03. The molecule has 2 aromatic carbocycles. The topological polar surface area (TPSA) is 32.7 Å². The van der Waals surface area contributed by atoms with Crippen LogP contribution in [0.1, 0.15) is 56.1 Å². The van der Waals surface area contributed by atoms with Gasteiger partial charge < -0.3 is 0 Å². The number of thiocarbonyl (C=S) groups is 1. The van der Waals surface area contributed by atoms with Gasteiger partial charge in [0.25, 0.3) is 5.91 Å². The van der Waals surface area contributed by atoms with Crippen molar-refractivity contribution in [3.63, 3.8) is 0 Å². The second-order valence-electron chi connectivity index (χ2n) is 8.23. The van der Waals surface area contributed by atoms with Crippen molar-refractivity contribution in [2.75, 3.05) is 0 Å². The number of carbonyl (C=O) groups excluding carboxylic acids is 1. The Morgan fingerprint density at radius 2 is 1.59 bits per heavy atom. The fourth-order valence-electron chi connectivity index (χ4n) is 3.10. The molecular formula is C22H23FN2OS. The molecule has 0 aliphatic carbocycles. The Morgan fingerprint density at radius 1 is 1.04 bits per heavy atom. The molecule has 0 saturated carbocycles. The van der Waals surface area contributed by atoms with Gasteiger partial charge in [0.1, 0.15) is 22.2 Å². The van der Waals surface area contributed by atoms with Crippen molar-refractivity contribution in [3.8, 4) is 0 Å². The molecule has 1 heterocycles. The Labute approximate surface area is 164 Å². The van der Waals surface area contributed by atoms with Crippen molar-refractivity contribution in [2.24, 2.45) is 4.99 Å². The molecule has 3 rings (SSSR count). The van der Waals surface area contributed by atoms with Gasteiger partial charge >= 0.3 is 0 Å². The zero-order valence-corrected chi connectivity index (χ0v) is 17.0. The second kappa shape index (κ2) is 6.64. The minimum absolute atomic E-state index is 0.0559. The molecule has 0 bridgehead atoms. The predicted octanol–water partition coefficient (Wildman–Crippen LogP) is 5.13. The summed E-state index contributed by atoms with van der Waals surface area (Å²) >= 11 is 5.60. The number of hydrogen-bond donors (Lipinski definition) is 0. The number of hydrogen-bond acceptors (Lipinski definition) is 3. The molecule has 5 heteroatoms. The van der Waals surface area contributed by atoms with E-state index in [1.165, 1.54) is 34.7 Å². The highest BCUT2D eigenvalue weighted by atomic mass is 32.1. The molecule has 0 N–H and O–H groups in total. The lowest BCUT2D eigenvalue weighted by Gasteiger charge is -2.29. The van der Waals surface area contributed by atoms with Gasteiger partial charge in [0.15, 0.2) is 0 Å². The molecule has 3 nitrogen and oxygen atoms in total. The number of rotatable bonds is 2. The van der Waals surface area contributed by atoms with Crippen LogP contribution in [0.5, 0.6) is 0 Å². The van der Waals surface area contributed by atoms with Gasteiger partial charge in [-0.2, -0.15) is 0 Å². The largest absolute Gasteiger partial charge is 0.272 e. The quantitative estimate of drug-likeness (QED) is 0.675. The molecule has 0 saturated heterocycles. The minimum atomic E-state index is -0.805. The van der Waals surface area contributed by atoms with E-state index in [1.807, 2.05) is 26.0 Å². The Balaban J connectivity index is 1.93. The molecule has 0 aromatic heterocycles. The van der Waals surface area contributed by atoms with E-state index >= 15 is 0 Å². The van der Waals surface area contributed by atoms with E-state index in [9.17, 15) is 9.18 Å². The number of amides is 1. The van der Waals surface area contributed by atoms with Crippen molar-refractivity contribution in [2.45, 2.75) is 45.7 Å². The van der Waals surface area contributed by atoms with E-state index < -0.39 is 5.66 Å². The normalized spacial score (nSPS) is 16.4. The summed E-state index contributed by atoms with van der Waals surface area (Å²) in [7, 11) is 0. The molecule has 1 amide bonds. The van der Waals surface area contributed by atoms with Crippen LogP contribution < -0.4 is 0 Å². The summed E-state index contributed by atoms with van der Waals surface area (Å²) in [6.45, 7) is 10.2. The monoisotopic (exact) mass is 382 g/mol. The van der Waals surface area contributed by atoms with Crippen LogP contribution in [0.3, 0.4) is 0 Å². The summed E-state index contributed by atoms with van der Waals surface area (Å²) in [6.07, 6.45) is 0. The Kier molecular flexibility index (Phi) is 4.76. The van der Waals surface area contributed by atoms with Gasteiger partial charge in [-0.15, -0.1) is 0 Å². The fourth-order valence-corrected chi connectivity index (χ4v) is 3.57. The second-order valence-corrected chi connectivity index (χ2v) is 8.62. The smallest absolute Gasteiger partial charge is 0.260 e. The van der Waals surface area contributed by atoms with Crippen LogP contribution in [0, 0.1) is 5.82 Å². The van der Waals surface area contributed by atoms with Gasteiger partial charge in [-0.05, 0) is 49.1 Å². The summed E-state index contributed by atoms with van der Waals surface area (Å²) in [5.41, 5.74) is 2.36. The van der Waals surface area contributed by atoms with Gasteiger partial charge in [-0.1, -0.05) is 57.3 Å². The number of aliphatic imine (C=N–C) groups is 1. The van der Waals surface area contributed by atoms with Gasteiger partial charge in [-0.3, -0.25) is 14.7 Å². The first kappa shape index (κ1) is 19.4. The van der Waals surface area contributed by atoms with Crippen molar-refractivity contribution in [1.29, 1.82) is 0 Å². The van der Waals surface area contributed by atoms with Gasteiger partial charge in [0.05, 0.1) is 0 Å². The zero-order chi connectivity index (χ0) is 20.0. The van der Waals surface area contributed by atoms with Crippen LogP contribution in [0.4, 0.5) is 4.39 Å². The van der Waals surface area contributed by atoms with Crippen LogP contribution in [0.2, 0.25) is 0 Å². The van der Waals surface area contributed by atoms with Gasteiger partial charge in [0.2, 0.25) is 0 Å². The van der Waals surface area contributed by atoms with Crippen molar-refractivity contribution < 1.29 is 9.18 Å². The first-order valence-electron chi connectivity index (χ1n) is 8.86. The fraction of sp³-hybridized carbons (Fsp3) is 0.318. The van der Waals surface area contributed by atoms with E-state index in [0.29, 0.717) is 16.3 Å². The third-order valence-electron chi connectivity index (χ3n) is 4.66. The highest BCUT2D eigenvalue weighted by Gasteiger charge is 2.42. The molecule has 0 radical (unpaired) electrons. The molecule has 1 aliphatic heterocycles. The molecule has 140 valence electrons. The van der Waals surface area contributed by atoms with Gasteiger partial charge in [-0.25, -0.2) is 4.39 Å². The lowest BCUT2D eigenvalue weighted by molar-refractivity contribution is 0.0758. The maximum Gasteiger partial charge on any atom is 0.260 e. The lowest BCUT2D eigenvalue weighted by atomic mass is 9.86. The number of carbonyl (C=O) groups is 1. The standard InChI is InChI=1S/C22H23FN2OS/c1-21(2,3)16-10-6-14(7-11-16)18-20(27)25(22(4,5)24-18)19(26)15-8-12-17(23)13-9-15/h6-13H,1-5H3. The van der Waals surface area contributed by atoms with Crippen LogP contribution >= 0.6 is 12.2 Å². The van der Waals surface area contributed by atoms with E-state index in [4.69, 9.17) is 17.2 Å². The van der Waals surface area contributed by atoms with Crippen LogP contribution in [-0.4, -0.2) is 27.2 Å². The Hall–Kier alpha value is -2.40. The summed E-state index contributed by atoms with van der Waals surface area (Å²) in [5, 5.41) is 0. The lowest BCUT2D eigenvalue weighted by Crippen LogP contribution is -2.46. The van der Waals surface area contributed by atoms with Crippen molar-refractivity contribution in [3.05, 3.63) is 71.0 Å². The molecule has 0 fully saturated rings. The molecule has 27 heavy (non-hydrogen) atoms. The van der Waals surface area contributed by atoms with E-state index in [1.54, 1.807) is 0 Å². The number of nitrogens with zero attached hydrogens (tertiary/aromatic N) is 2. The molecule has 2 aromatic rings. The summed E-state index contributed by atoms with van der Waals surface area (Å²) in [5.74, 6) is -0.666. The maximum absolute atomic E-state index is 13.2. The number of halogens is 1. The third kappa shape index (κ3) is 3.69. The van der Waals surface area contributed by atoms with Crippen molar-refractivity contribution >= 4 is 28.8 Å². The van der Waals surface area contributed by atoms with E-state index in [-0.39, 0.29) is 17.1 Å². The molecule has 0 unspecified atom stereocenters. The number of benzene rings is 2. The van der Waals surface area contributed by atoms with E-state index in [2.05, 4.69) is 32.9 Å². The maximum atomic E-state index is 13.2. The van der Waals surface area contributed by atoms with Crippen LogP contribution in [0.25, 0.3) is 0 Å².